The maximum absolute atomic E-state index is 13.5. The first-order valence-electron chi connectivity index (χ1n) is 15.9. The number of aromatic nitrogens is 2. The van der Waals surface area contributed by atoms with Gasteiger partial charge in [0.15, 0.2) is 0 Å². The van der Waals surface area contributed by atoms with E-state index in [1.54, 1.807) is 11.0 Å². The van der Waals surface area contributed by atoms with Crippen LogP contribution in [-0.4, -0.2) is 77.8 Å². The number of halogens is 1. The molecule has 0 bridgehead atoms. The standard InChI is InChI=1S/C36H41N5O7S.ClH/c1-23-11-9-12-24(2)32(23)28-21-31(39-34(38-28)40-49(45,46)27-16-10-15-26(20-27)33(42)43)47-30(19-25-13-7-6-8-14-25)29-22-41(18-17-37-29)35(44)48-36(3,4)5;/h6-16,20-21,29-30,37H,17-19,22H2,1-5H3,(H,42,43)(H,38,39,40);1H. The fourth-order valence-corrected chi connectivity index (χ4v) is 6.63. The average Bonchev–Trinajstić information content (AvgIpc) is 3.04. The molecular formula is C36H42ClN5O7S. The van der Waals surface area contributed by atoms with Gasteiger partial charge in [-0.3, -0.25) is 0 Å². The number of carbonyl (C=O) groups is 2. The highest BCUT2D eigenvalue weighted by atomic mass is 35.5. The van der Waals surface area contributed by atoms with Gasteiger partial charge in [0.25, 0.3) is 10.0 Å². The summed E-state index contributed by atoms with van der Waals surface area (Å²) in [5, 5.41) is 12.9. The number of anilines is 1. The Kier molecular flexibility index (Phi) is 12.1. The predicted molar refractivity (Wildman–Crippen MR) is 193 cm³/mol. The average molecular weight is 724 g/mol. The van der Waals surface area contributed by atoms with Crippen LogP contribution >= 0.6 is 12.4 Å². The zero-order chi connectivity index (χ0) is 35.3. The number of hydrogen-bond donors (Lipinski definition) is 3. The van der Waals surface area contributed by atoms with E-state index in [0.29, 0.717) is 31.7 Å². The summed E-state index contributed by atoms with van der Waals surface area (Å²) in [4.78, 5) is 35.0. The zero-order valence-electron chi connectivity index (χ0n) is 28.5. The van der Waals surface area contributed by atoms with Crippen molar-refractivity contribution in [1.29, 1.82) is 0 Å². The van der Waals surface area contributed by atoms with E-state index in [1.807, 2.05) is 83.1 Å². The fraction of sp³-hybridized carbons (Fsp3) is 0.333. The number of piperazine rings is 1. The lowest BCUT2D eigenvalue weighted by Crippen LogP contribution is -2.59. The summed E-state index contributed by atoms with van der Waals surface area (Å²) in [5.41, 5.74) is 3.21. The summed E-state index contributed by atoms with van der Waals surface area (Å²) >= 11 is 0. The van der Waals surface area contributed by atoms with E-state index in [-0.39, 0.29) is 40.7 Å². The first-order valence-corrected chi connectivity index (χ1v) is 17.4. The Hall–Kier alpha value is -4.72. The van der Waals surface area contributed by atoms with Crippen LogP contribution < -0.4 is 14.8 Å². The van der Waals surface area contributed by atoms with Crippen LogP contribution in [0.3, 0.4) is 0 Å². The molecular weight excluding hydrogens is 682 g/mol. The van der Waals surface area contributed by atoms with Crippen molar-refractivity contribution in [3.63, 3.8) is 0 Å². The summed E-state index contributed by atoms with van der Waals surface area (Å²) in [5.74, 6) is -1.39. The molecule has 50 heavy (non-hydrogen) atoms. The van der Waals surface area contributed by atoms with Crippen LogP contribution in [0.2, 0.25) is 0 Å². The molecule has 0 aliphatic carbocycles. The second kappa shape index (κ2) is 15.9. The third kappa shape index (κ3) is 9.71. The van der Waals surface area contributed by atoms with Crippen LogP contribution in [0.1, 0.15) is 47.8 Å². The first kappa shape index (κ1) is 38.1. The molecule has 0 saturated carbocycles. The van der Waals surface area contributed by atoms with E-state index in [2.05, 4.69) is 20.0 Å². The lowest BCUT2D eigenvalue weighted by molar-refractivity contribution is 0.0129. The molecule has 0 radical (unpaired) electrons. The van der Waals surface area contributed by atoms with E-state index in [4.69, 9.17) is 9.47 Å². The van der Waals surface area contributed by atoms with Crippen molar-refractivity contribution in [1.82, 2.24) is 20.2 Å². The number of nitrogens with zero attached hydrogens (tertiary/aromatic N) is 3. The Morgan fingerprint density at radius 2 is 1.68 bits per heavy atom. The number of aryl methyl sites for hydroxylation is 2. The van der Waals surface area contributed by atoms with Crippen molar-refractivity contribution in [3.05, 3.63) is 101 Å². The molecule has 5 rings (SSSR count). The molecule has 266 valence electrons. The summed E-state index contributed by atoms with van der Waals surface area (Å²) in [6.07, 6.45) is -0.516. The molecule has 2 atom stereocenters. The third-order valence-electron chi connectivity index (χ3n) is 7.91. The third-order valence-corrected chi connectivity index (χ3v) is 9.24. The van der Waals surface area contributed by atoms with Crippen molar-refractivity contribution in [2.45, 2.75) is 63.7 Å². The van der Waals surface area contributed by atoms with Crippen molar-refractivity contribution in [2.24, 2.45) is 0 Å². The van der Waals surface area contributed by atoms with Crippen LogP contribution in [0.5, 0.6) is 5.88 Å². The maximum atomic E-state index is 13.5. The Morgan fingerprint density at radius 3 is 2.34 bits per heavy atom. The highest BCUT2D eigenvalue weighted by molar-refractivity contribution is 7.92. The quantitative estimate of drug-likeness (QED) is 0.180. The number of hydrogen-bond acceptors (Lipinski definition) is 9. The molecule has 0 spiro atoms. The summed E-state index contributed by atoms with van der Waals surface area (Å²) in [7, 11) is -4.30. The van der Waals surface area contributed by atoms with E-state index < -0.39 is 33.8 Å². The van der Waals surface area contributed by atoms with Gasteiger partial charge in [-0.2, -0.15) is 4.98 Å². The molecule has 2 unspecified atom stereocenters. The van der Waals surface area contributed by atoms with Gasteiger partial charge in [0.05, 0.1) is 22.2 Å². The number of benzene rings is 3. The molecule has 12 nitrogen and oxygen atoms in total. The van der Waals surface area contributed by atoms with Crippen LogP contribution in [0.25, 0.3) is 11.3 Å². The van der Waals surface area contributed by atoms with Crippen LogP contribution in [-0.2, 0) is 21.2 Å². The number of carboxylic acids is 1. The van der Waals surface area contributed by atoms with Crippen LogP contribution in [0, 0.1) is 13.8 Å². The largest absolute Gasteiger partial charge is 0.478 e. The molecule has 2 heterocycles. The van der Waals surface area contributed by atoms with Crippen molar-refractivity contribution in [2.75, 3.05) is 24.4 Å². The van der Waals surface area contributed by atoms with Gasteiger partial charge in [0.2, 0.25) is 11.8 Å². The lowest BCUT2D eigenvalue weighted by Gasteiger charge is -2.38. The van der Waals surface area contributed by atoms with Gasteiger partial charge >= 0.3 is 12.1 Å². The van der Waals surface area contributed by atoms with E-state index in [9.17, 15) is 23.1 Å². The number of nitrogens with one attached hydrogen (secondary N) is 2. The summed E-state index contributed by atoms with van der Waals surface area (Å²) < 4.78 is 41.7. The van der Waals surface area contributed by atoms with Crippen LogP contribution in [0.15, 0.2) is 83.8 Å². The minimum atomic E-state index is -4.30. The van der Waals surface area contributed by atoms with Gasteiger partial charge in [-0.05, 0) is 69.5 Å². The van der Waals surface area contributed by atoms with Gasteiger partial charge in [0, 0.05) is 37.7 Å². The monoisotopic (exact) mass is 723 g/mol. The number of carboxylic acid groups (broad SMARTS) is 1. The molecule has 1 amide bonds. The molecule has 4 aromatic rings. The summed E-state index contributed by atoms with van der Waals surface area (Å²) in [6, 6.07) is 21.9. The highest BCUT2D eigenvalue weighted by Crippen LogP contribution is 2.30. The van der Waals surface area contributed by atoms with Gasteiger partial charge in [-0.15, -0.1) is 12.4 Å². The maximum Gasteiger partial charge on any atom is 0.410 e. The number of carbonyl (C=O) groups excluding carboxylic acids is 1. The van der Waals surface area contributed by atoms with E-state index >= 15 is 0 Å². The molecule has 14 heteroatoms. The van der Waals surface area contributed by atoms with E-state index in [1.165, 1.54) is 18.2 Å². The number of rotatable bonds is 10. The van der Waals surface area contributed by atoms with Gasteiger partial charge in [-0.25, -0.2) is 27.7 Å². The SMILES string of the molecule is Cc1cccc(C)c1-c1cc(OC(Cc2ccccc2)C2CN(C(=O)OC(C)(C)C)CCN2)nc(NS(=O)(=O)c2cccc(C(=O)O)c2)n1.Cl. The number of amides is 1. The predicted octanol–water partition coefficient (Wildman–Crippen LogP) is 5.88. The number of sulfonamides is 1. The molecule has 1 fully saturated rings. The number of aromatic carboxylic acids is 1. The normalized spacial score (nSPS) is 15.4. The van der Waals surface area contributed by atoms with Gasteiger partial charge in [-0.1, -0.05) is 54.6 Å². The molecule has 1 aliphatic rings. The minimum Gasteiger partial charge on any atom is -0.478 e. The van der Waals surface area contributed by atoms with Crippen LogP contribution in [0.4, 0.5) is 10.7 Å². The highest BCUT2D eigenvalue weighted by Gasteiger charge is 2.33. The molecule has 1 saturated heterocycles. The van der Waals surface area contributed by atoms with Crippen molar-refractivity contribution in [3.8, 4) is 17.1 Å². The Bertz CT molecular complexity index is 1920. The smallest absolute Gasteiger partial charge is 0.410 e. The Balaban J connectivity index is 0.00000562. The first-order chi connectivity index (χ1) is 23.2. The molecule has 3 N–H and O–H groups in total. The molecule has 1 aliphatic heterocycles. The van der Waals surface area contributed by atoms with Crippen molar-refractivity contribution < 1.29 is 32.6 Å². The Morgan fingerprint density at radius 1 is 1.00 bits per heavy atom. The van der Waals surface area contributed by atoms with Gasteiger partial charge < -0.3 is 24.8 Å². The summed E-state index contributed by atoms with van der Waals surface area (Å²) in [6.45, 7) is 10.6. The lowest BCUT2D eigenvalue weighted by atomic mass is 9.99. The second-order valence-electron chi connectivity index (χ2n) is 13.0. The minimum absolute atomic E-state index is 0. The number of ether oxygens (including phenoxy) is 2. The van der Waals surface area contributed by atoms with E-state index in [0.717, 1.165) is 28.3 Å². The topological polar surface area (TPSA) is 160 Å². The molecule has 1 aromatic heterocycles. The second-order valence-corrected chi connectivity index (χ2v) is 14.6. The Labute approximate surface area is 298 Å². The fourth-order valence-electron chi connectivity index (χ4n) is 5.64. The van der Waals surface area contributed by atoms with Gasteiger partial charge in [0.1, 0.15) is 11.7 Å². The molecule has 3 aromatic carbocycles. The van der Waals surface area contributed by atoms with Crippen molar-refractivity contribution >= 4 is 40.4 Å². The zero-order valence-corrected chi connectivity index (χ0v) is 30.2.